The van der Waals surface area contributed by atoms with Crippen LogP contribution in [0.1, 0.15) is 81.0 Å². The summed E-state index contributed by atoms with van der Waals surface area (Å²) in [5, 5.41) is 21.1. The third kappa shape index (κ3) is 7.84. The lowest BCUT2D eigenvalue weighted by Crippen LogP contribution is -2.54. The first kappa shape index (κ1) is 29.7. The molecule has 1 aromatic rings. The van der Waals surface area contributed by atoms with Crippen LogP contribution in [0.5, 0.6) is 11.5 Å². The summed E-state index contributed by atoms with van der Waals surface area (Å²) in [4.78, 5) is 15.6. The summed E-state index contributed by atoms with van der Waals surface area (Å²) < 4.78 is 6.43. The summed E-state index contributed by atoms with van der Waals surface area (Å²) in [6.45, 7) is 18.1. The first-order valence-corrected chi connectivity index (χ1v) is 14.7. The van der Waals surface area contributed by atoms with E-state index in [0.29, 0.717) is 18.1 Å². The van der Waals surface area contributed by atoms with Gasteiger partial charge in [-0.15, -0.1) is 0 Å². The summed E-state index contributed by atoms with van der Waals surface area (Å²) in [7, 11) is 0. The molecule has 2 aliphatic heterocycles. The molecule has 7 heteroatoms. The number of piperidine rings is 1. The van der Waals surface area contributed by atoms with Crippen molar-refractivity contribution in [3.8, 4) is 11.5 Å². The Morgan fingerprint density at radius 2 is 1.57 bits per heavy atom. The van der Waals surface area contributed by atoms with Crippen molar-refractivity contribution in [3.05, 3.63) is 22.3 Å². The number of hydrogen-bond acceptors (Lipinski definition) is 6. The molecule has 0 bridgehead atoms. The van der Waals surface area contributed by atoms with Crippen molar-refractivity contribution in [2.75, 3.05) is 52.4 Å². The number of aromatic hydroxyl groups is 1. The number of carbonyl (C=O) groups excluding carboxylic acids is 1. The van der Waals surface area contributed by atoms with Crippen LogP contribution in [0.25, 0.3) is 0 Å². The van der Waals surface area contributed by atoms with Gasteiger partial charge in [-0.05, 0) is 135 Å². The number of rotatable bonds is 14. The van der Waals surface area contributed by atoms with E-state index in [4.69, 9.17) is 4.74 Å². The van der Waals surface area contributed by atoms with E-state index in [9.17, 15) is 9.90 Å². The van der Waals surface area contributed by atoms with Gasteiger partial charge in [0.25, 0.3) is 5.91 Å². The fourth-order valence-electron chi connectivity index (χ4n) is 5.64. The van der Waals surface area contributed by atoms with Crippen LogP contribution in [0.4, 0.5) is 0 Å². The normalized spacial score (nSPS) is 20.1. The van der Waals surface area contributed by atoms with E-state index >= 15 is 0 Å². The number of phenolic OH excluding ortho intramolecular Hbond substituents is 1. The zero-order valence-corrected chi connectivity index (χ0v) is 24.1. The molecule has 37 heavy (non-hydrogen) atoms. The van der Waals surface area contributed by atoms with Gasteiger partial charge in [0, 0.05) is 25.1 Å². The molecule has 7 nitrogen and oxygen atoms in total. The number of phenols is 1. The third-order valence-corrected chi connectivity index (χ3v) is 8.40. The van der Waals surface area contributed by atoms with E-state index in [1.807, 2.05) is 32.6 Å². The molecular weight excluding hydrogens is 464 g/mol. The average molecular weight is 517 g/mol. The molecule has 2 aliphatic rings. The summed E-state index contributed by atoms with van der Waals surface area (Å²) in [5.41, 5.74) is 2.88. The van der Waals surface area contributed by atoms with Crippen molar-refractivity contribution >= 4 is 5.91 Å². The van der Waals surface area contributed by atoms with E-state index in [1.165, 1.54) is 25.7 Å². The van der Waals surface area contributed by atoms with Crippen molar-refractivity contribution in [2.24, 2.45) is 5.92 Å². The fourth-order valence-corrected chi connectivity index (χ4v) is 5.64. The molecule has 4 N–H and O–H groups in total. The molecule has 1 aromatic carbocycles. The fraction of sp³-hybridized carbons (Fsp3) is 0.767. The lowest BCUT2D eigenvalue weighted by atomic mass is 9.86. The van der Waals surface area contributed by atoms with E-state index in [-0.39, 0.29) is 5.91 Å². The van der Waals surface area contributed by atoms with Crippen molar-refractivity contribution in [3.63, 3.8) is 0 Å². The Labute approximate surface area is 225 Å². The maximum Gasteiger partial charge on any atom is 0.266 e. The van der Waals surface area contributed by atoms with Crippen LogP contribution >= 0.6 is 0 Å². The van der Waals surface area contributed by atoms with Gasteiger partial charge >= 0.3 is 0 Å². The standard InChI is InChI=1S/C30H52N4O3/c1-6-14-31-17-9-18-32-15-7-8-16-33-21-25-11-19-34(20-12-25)29(36)30(5)13-10-26-24(4)27(35)22(2)23(3)28(26)37-30/h25,31-33,35H,6-21H2,1-5H3. The van der Waals surface area contributed by atoms with Gasteiger partial charge in [-0.25, -0.2) is 0 Å². The number of nitrogens with zero attached hydrogens (tertiary/aromatic N) is 1. The van der Waals surface area contributed by atoms with Crippen LogP contribution in [0.2, 0.25) is 0 Å². The molecule has 0 spiro atoms. The smallest absolute Gasteiger partial charge is 0.266 e. The number of carbonyl (C=O) groups is 1. The van der Waals surface area contributed by atoms with Crippen molar-refractivity contribution < 1.29 is 14.6 Å². The van der Waals surface area contributed by atoms with Crippen LogP contribution in [-0.4, -0.2) is 73.9 Å². The molecule has 1 amide bonds. The summed E-state index contributed by atoms with van der Waals surface area (Å²) in [5.74, 6) is 1.90. The third-order valence-electron chi connectivity index (χ3n) is 8.40. The quantitative estimate of drug-likeness (QED) is 0.280. The van der Waals surface area contributed by atoms with Gasteiger partial charge in [0.05, 0.1) is 0 Å². The lowest BCUT2D eigenvalue weighted by Gasteiger charge is -2.41. The van der Waals surface area contributed by atoms with Gasteiger partial charge in [-0.2, -0.15) is 0 Å². The molecule has 0 aromatic heterocycles. The molecule has 1 saturated heterocycles. The van der Waals surface area contributed by atoms with Crippen molar-refractivity contribution in [2.45, 2.75) is 91.6 Å². The summed E-state index contributed by atoms with van der Waals surface area (Å²) >= 11 is 0. The number of benzene rings is 1. The molecule has 1 atom stereocenters. The minimum atomic E-state index is -0.835. The molecule has 2 heterocycles. The highest BCUT2D eigenvalue weighted by atomic mass is 16.5. The van der Waals surface area contributed by atoms with Crippen molar-refractivity contribution in [1.29, 1.82) is 0 Å². The molecule has 0 aliphatic carbocycles. The summed E-state index contributed by atoms with van der Waals surface area (Å²) in [6.07, 6.45) is 8.30. The second kappa shape index (κ2) is 14.4. The Morgan fingerprint density at radius 3 is 2.24 bits per heavy atom. The number of likely N-dealkylation sites (tertiary alicyclic amines) is 1. The Kier molecular flexibility index (Phi) is 11.5. The Morgan fingerprint density at radius 1 is 0.946 bits per heavy atom. The average Bonchev–Trinajstić information content (AvgIpc) is 2.91. The molecule has 0 radical (unpaired) electrons. The Hall–Kier alpha value is -1.83. The van der Waals surface area contributed by atoms with E-state index < -0.39 is 5.60 Å². The van der Waals surface area contributed by atoms with Gasteiger partial charge in [-0.3, -0.25) is 4.79 Å². The first-order valence-electron chi connectivity index (χ1n) is 14.7. The van der Waals surface area contributed by atoms with Gasteiger partial charge < -0.3 is 30.7 Å². The number of unbranched alkanes of at least 4 members (excludes halogenated alkanes) is 1. The highest BCUT2D eigenvalue weighted by molar-refractivity contribution is 5.86. The van der Waals surface area contributed by atoms with E-state index in [2.05, 4.69) is 22.9 Å². The lowest BCUT2D eigenvalue weighted by molar-refractivity contribution is -0.149. The minimum Gasteiger partial charge on any atom is -0.507 e. The van der Waals surface area contributed by atoms with Crippen LogP contribution in [0.15, 0.2) is 0 Å². The van der Waals surface area contributed by atoms with Crippen molar-refractivity contribution in [1.82, 2.24) is 20.9 Å². The Bertz CT molecular complexity index is 882. The largest absolute Gasteiger partial charge is 0.507 e. The van der Waals surface area contributed by atoms with Gasteiger partial charge in [0.15, 0.2) is 5.60 Å². The maximum atomic E-state index is 13.5. The molecular formula is C30H52N4O3. The molecule has 1 unspecified atom stereocenters. The first-order chi connectivity index (χ1) is 17.8. The van der Waals surface area contributed by atoms with Gasteiger partial charge in [-0.1, -0.05) is 6.92 Å². The number of hydrogen-bond donors (Lipinski definition) is 4. The predicted molar refractivity (Wildman–Crippen MR) is 152 cm³/mol. The van der Waals surface area contributed by atoms with Gasteiger partial charge in [0.2, 0.25) is 0 Å². The molecule has 0 saturated carbocycles. The second-order valence-electron chi connectivity index (χ2n) is 11.4. The Balaban J connectivity index is 1.33. The SMILES string of the molecule is CCCNCCCNCCCCNCC1CCN(C(=O)C2(C)CCc3c(C)c(O)c(C)c(C)c3O2)CC1. The maximum absolute atomic E-state index is 13.5. The van der Waals surface area contributed by atoms with Crippen LogP contribution in [0.3, 0.4) is 0 Å². The second-order valence-corrected chi connectivity index (χ2v) is 11.4. The zero-order valence-electron chi connectivity index (χ0n) is 24.1. The minimum absolute atomic E-state index is 0.112. The van der Waals surface area contributed by atoms with Crippen LogP contribution in [0, 0.1) is 26.7 Å². The van der Waals surface area contributed by atoms with Gasteiger partial charge in [0.1, 0.15) is 11.5 Å². The number of ether oxygens (including phenoxy) is 1. The predicted octanol–water partition coefficient (Wildman–Crippen LogP) is 3.99. The number of nitrogens with one attached hydrogen (secondary N) is 3. The monoisotopic (exact) mass is 516 g/mol. The molecule has 210 valence electrons. The van der Waals surface area contributed by atoms with E-state index in [1.54, 1.807) is 0 Å². The zero-order chi connectivity index (χ0) is 26.8. The molecule has 1 fully saturated rings. The summed E-state index contributed by atoms with van der Waals surface area (Å²) in [6, 6.07) is 0. The highest BCUT2D eigenvalue weighted by Gasteiger charge is 2.43. The van der Waals surface area contributed by atoms with E-state index in [0.717, 1.165) is 99.6 Å². The van der Waals surface area contributed by atoms with Crippen LogP contribution < -0.4 is 20.7 Å². The number of fused-ring (bicyclic) bond motifs is 1. The molecule has 3 rings (SSSR count). The highest BCUT2D eigenvalue weighted by Crippen LogP contribution is 2.43. The number of amides is 1. The van der Waals surface area contributed by atoms with Crippen LogP contribution in [-0.2, 0) is 11.2 Å². The topological polar surface area (TPSA) is 85.9 Å².